The standard InChI is InChI=1S/C22H24N2O2S/c1-15-20(22(25)23-17-11-12-24(2)13-17)21-18(9-6-10-19(21)27-15)26-14-16-7-4-3-5-8-16/h3-10,17H,11-14H2,1-2H3,(H,23,25). The van der Waals surface area contributed by atoms with E-state index in [1.807, 2.05) is 49.4 Å². The molecule has 1 atom stereocenters. The van der Waals surface area contributed by atoms with Crippen LogP contribution in [-0.2, 0) is 6.61 Å². The molecule has 1 aromatic heterocycles. The van der Waals surface area contributed by atoms with Crippen molar-refractivity contribution in [2.24, 2.45) is 0 Å². The summed E-state index contributed by atoms with van der Waals surface area (Å²) in [5, 5.41) is 4.15. The van der Waals surface area contributed by atoms with Gasteiger partial charge < -0.3 is 15.0 Å². The molecule has 1 fully saturated rings. The Kier molecular flexibility index (Phi) is 5.14. The van der Waals surface area contributed by atoms with Crippen LogP contribution in [0.4, 0.5) is 0 Å². The lowest BCUT2D eigenvalue weighted by atomic mass is 10.1. The highest BCUT2D eigenvalue weighted by Gasteiger charge is 2.25. The number of aryl methyl sites for hydroxylation is 1. The molecule has 1 unspecified atom stereocenters. The molecule has 1 aliphatic rings. The second-order valence-corrected chi connectivity index (χ2v) is 8.41. The number of rotatable bonds is 5. The van der Waals surface area contributed by atoms with E-state index in [-0.39, 0.29) is 11.9 Å². The van der Waals surface area contributed by atoms with E-state index in [2.05, 4.69) is 23.3 Å². The molecule has 3 aromatic rings. The zero-order chi connectivity index (χ0) is 18.8. The van der Waals surface area contributed by atoms with Gasteiger partial charge in [0.05, 0.1) is 5.56 Å². The molecule has 1 amide bonds. The number of likely N-dealkylation sites (N-methyl/N-ethyl adjacent to an activating group) is 1. The molecular weight excluding hydrogens is 356 g/mol. The van der Waals surface area contributed by atoms with Crippen molar-refractivity contribution >= 4 is 27.3 Å². The normalized spacial score (nSPS) is 17.3. The summed E-state index contributed by atoms with van der Waals surface area (Å²) in [6.45, 7) is 4.44. The third-order valence-electron chi connectivity index (χ3n) is 5.04. The van der Waals surface area contributed by atoms with Crippen LogP contribution in [0.3, 0.4) is 0 Å². The first-order valence-corrected chi connectivity index (χ1v) is 10.1. The average molecular weight is 381 g/mol. The molecule has 0 radical (unpaired) electrons. The fraction of sp³-hybridized carbons (Fsp3) is 0.318. The van der Waals surface area contributed by atoms with Gasteiger partial charge in [0, 0.05) is 27.5 Å². The fourth-order valence-electron chi connectivity index (χ4n) is 3.67. The van der Waals surface area contributed by atoms with Crippen molar-refractivity contribution in [3.8, 4) is 5.75 Å². The molecule has 0 aliphatic carbocycles. The molecular formula is C22H24N2O2S. The van der Waals surface area contributed by atoms with E-state index in [0.717, 1.165) is 51.4 Å². The van der Waals surface area contributed by atoms with E-state index in [9.17, 15) is 4.79 Å². The molecule has 1 N–H and O–H groups in total. The lowest BCUT2D eigenvalue weighted by Gasteiger charge is -2.14. The van der Waals surface area contributed by atoms with Gasteiger partial charge in [0.15, 0.2) is 0 Å². The number of ether oxygens (including phenoxy) is 1. The summed E-state index contributed by atoms with van der Waals surface area (Å²) in [6, 6.07) is 16.3. The Morgan fingerprint density at radius 3 is 2.78 bits per heavy atom. The number of nitrogens with zero attached hydrogens (tertiary/aromatic N) is 1. The van der Waals surface area contributed by atoms with Gasteiger partial charge in [0.25, 0.3) is 5.91 Å². The summed E-state index contributed by atoms with van der Waals surface area (Å²) < 4.78 is 7.20. The summed E-state index contributed by atoms with van der Waals surface area (Å²) in [4.78, 5) is 16.3. The van der Waals surface area contributed by atoms with Crippen LogP contribution in [-0.4, -0.2) is 37.0 Å². The Bertz CT molecular complexity index is 952. The van der Waals surface area contributed by atoms with Crippen LogP contribution >= 0.6 is 11.3 Å². The van der Waals surface area contributed by atoms with Crippen molar-refractivity contribution in [1.29, 1.82) is 0 Å². The van der Waals surface area contributed by atoms with Crippen molar-refractivity contribution in [3.05, 3.63) is 64.5 Å². The molecule has 1 aliphatic heterocycles. The minimum Gasteiger partial charge on any atom is -0.488 e. The van der Waals surface area contributed by atoms with Crippen molar-refractivity contribution < 1.29 is 9.53 Å². The van der Waals surface area contributed by atoms with Gasteiger partial charge in [-0.15, -0.1) is 11.3 Å². The number of hydrogen-bond donors (Lipinski definition) is 1. The van der Waals surface area contributed by atoms with Crippen molar-refractivity contribution in [3.63, 3.8) is 0 Å². The number of carbonyl (C=O) groups excluding carboxylic acids is 1. The van der Waals surface area contributed by atoms with Gasteiger partial charge in [-0.3, -0.25) is 4.79 Å². The summed E-state index contributed by atoms with van der Waals surface area (Å²) in [7, 11) is 2.09. The second-order valence-electron chi connectivity index (χ2n) is 7.16. The first-order valence-electron chi connectivity index (χ1n) is 9.30. The number of fused-ring (bicyclic) bond motifs is 1. The Morgan fingerprint density at radius 1 is 1.22 bits per heavy atom. The molecule has 27 heavy (non-hydrogen) atoms. The third-order valence-corrected chi connectivity index (χ3v) is 6.11. The lowest BCUT2D eigenvalue weighted by molar-refractivity contribution is 0.0939. The van der Waals surface area contributed by atoms with Gasteiger partial charge in [0.2, 0.25) is 0 Å². The van der Waals surface area contributed by atoms with Crippen LogP contribution in [0.15, 0.2) is 48.5 Å². The molecule has 0 saturated carbocycles. The molecule has 2 heterocycles. The fourth-order valence-corrected chi connectivity index (χ4v) is 4.75. The Balaban J connectivity index is 1.62. The van der Waals surface area contributed by atoms with Crippen LogP contribution in [0, 0.1) is 6.92 Å². The summed E-state index contributed by atoms with van der Waals surface area (Å²) in [5.41, 5.74) is 1.87. The van der Waals surface area contributed by atoms with E-state index in [1.54, 1.807) is 11.3 Å². The minimum atomic E-state index is 0.00908. The van der Waals surface area contributed by atoms with Gasteiger partial charge >= 0.3 is 0 Å². The van der Waals surface area contributed by atoms with Gasteiger partial charge in [-0.25, -0.2) is 0 Å². The topological polar surface area (TPSA) is 41.6 Å². The Morgan fingerprint density at radius 2 is 2.04 bits per heavy atom. The number of amides is 1. The largest absolute Gasteiger partial charge is 0.488 e. The van der Waals surface area contributed by atoms with Crippen molar-refractivity contribution in [2.45, 2.75) is 26.0 Å². The average Bonchev–Trinajstić information content (AvgIpc) is 3.22. The van der Waals surface area contributed by atoms with E-state index >= 15 is 0 Å². The number of nitrogens with one attached hydrogen (secondary N) is 1. The highest BCUT2D eigenvalue weighted by atomic mass is 32.1. The lowest BCUT2D eigenvalue weighted by Crippen LogP contribution is -2.36. The maximum atomic E-state index is 13.1. The van der Waals surface area contributed by atoms with Crippen LogP contribution in [0.5, 0.6) is 5.75 Å². The van der Waals surface area contributed by atoms with Gasteiger partial charge in [-0.1, -0.05) is 36.4 Å². The predicted octanol–water partition coefficient (Wildman–Crippen LogP) is 4.22. The van der Waals surface area contributed by atoms with Crippen LogP contribution < -0.4 is 10.1 Å². The van der Waals surface area contributed by atoms with Gasteiger partial charge in [-0.05, 0) is 44.6 Å². The number of carbonyl (C=O) groups is 1. The first-order chi connectivity index (χ1) is 13.1. The first kappa shape index (κ1) is 18.0. The third kappa shape index (κ3) is 3.84. The molecule has 0 bridgehead atoms. The number of benzene rings is 2. The second kappa shape index (κ2) is 7.71. The van der Waals surface area contributed by atoms with Crippen LogP contribution in [0.1, 0.15) is 27.2 Å². The number of thiophene rings is 1. The SMILES string of the molecule is Cc1sc2cccc(OCc3ccccc3)c2c1C(=O)NC1CCN(C)C1. The molecule has 4 nitrogen and oxygen atoms in total. The van der Waals surface area contributed by atoms with Crippen LogP contribution in [0.2, 0.25) is 0 Å². The minimum absolute atomic E-state index is 0.00908. The zero-order valence-corrected chi connectivity index (χ0v) is 16.5. The number of hydrogen-bond acceptors (Lipinski definition) is 4. The molecule has 140 valence electrons. The van der Waals surface area contributed by atoms with E-state index in [0.29, 0.717) is 6.61 Å². The molecule has 2 aromatic carbocycles. The molecule has 1 saturated heterocycles. The van der Waals surface area contributed by atoms with Gasteiger partial charge in [0.1, 0.15) is 12.4 Å². The van der Waals surface area contributed by atoms with Crippen molar-refractivity contribution in [1.82, 2.24) is 10.2 Å². The monoisotopic (exact) mass is 380 g/mol. The quantitative estimate of drug-likeness (QED) is 0.720. The van der Waals surface area contributed by atoms with E-state index in [1.165, 1.54) is 0 Å². The summed E-state index contributed by atoms with van der Waals surface area (Å²) >= 11 is 1.65. The smallest absolute Gasteiger partial charge is 0.253 e. The van der Waals surface area contributed by atoms with Crippen molar-refractivity contribution in [2.75, 3.05) is 20.1 Å². The molecule has 4 rings (SSSR count). The highest BCUT2D eigenvalue weighted by Crippen LogP contribution is 2.37. The summed E-state index contributed by atoms with van der Waals surface area (Å²) in [5.74, 6) is 0.782. The van der Waals surface area contributed by atoms with E-state index < -0.39 is 0 Å². The maximum Gasteiger partial charge on any atom is 0.253 e. The Labute approximate surface area is 163 Å². The predicted molar refractivity (Wildman–Crippen MR) is 111 cm³/mol. The van der Waals surface area contributed by atoms with E-state index in [4.69, 9.17) is 4.74 Å². The van der Waals surface area contributed by atoms with Gasteiger partial charge in [-0.2, -0.15) is 0 Å². The molecule has 0 spiro atoms. The summed E-state index contributed by atoms with van der Waals surface area (Å²) in [6.07, 6.45) is 1.00. The van der Waals surface area contributed by atoms with Crippen LogP contribution in [0.25, 0.3) is 10.1 Å². The molecule has 5 heteroatoms. The zero-order valence-electron chi connectivity index (χ0n) is 15.7. The number of likely N-dealkylation sites (tertiary alicyclic amines) is 1. The Hall–Kier alpha value is -2.37. The highest BCUT2D eigenvalue weighted by molar-refractivity contribution is 7.19. The maximum absolute atomic E-state index is 13.1.